The molecule has 0 amide bonds. The molecule has 4 aromatic carbocycles. The summed E-state index contributed by atoms with van der Waals surface area (Å²) < 4.78 is 25.2. The molecule has 0 aliphatic carbocycles. The van der Waals surface area contributed by atoms with Crippen molar-refractivity contribution in [1.29, 1.82) is 0 Å². The number of phosphoric ester groups is 1. The minimum atomic E-state index is -4.68. The van der Waals surface area contributed by atoms with Gasteiger partial charge in [-0.25, -0.2) is 4.57 Å². The summed E-state index contributed by atoms with van der Waals surface area (Å²) >= 11 is 3.00. The van der Waals surface area contributed by atoms with Gasteiger partial charge in [0.2, 0.25) is 0 Å². The highest BCUT2D eigenvalue weighted by Crippen LogP contribution is 2.56. The first-order valence-corrected chi connectivity index (χ1v) is 15.2. The standard InChI is InChI=1S/C30H23O5PS2/c1-2-19-11-7-12-22-25(17-20-9-3-5-15-27(20)37-29(19)22)34-36(32,33)35-26-18-21-10-4-6-16-28(21)38-30-23(26)13-8-14-24(30)31/h3-18,31H,2H2,1H3,(H,32,33). The van der Waals surface area contributed by atoms with E-state index >= 15 is 0 Å². The molecule has 0 fully saturated rings. The lowest BCUT2D eigenvalue weighted by molar-refractivity contribution is 0.264. The van der Waals surface area contributed by atoms with Gasteiger partial charge in [0.25, 0.3) is 0 Å². The summed E-state index contributed by atoms with van der Waals surface area (Å²) in [6.07, 6.45) is 4.30. The van der Waals surface area contributed by atoms with E-state index in [0.29, 0.717) is 10.5 Å². The van der Waals surface area contributed by atoms with Crippen LogP contribution in [-0.4, -0.2) is 10.00 Å². The molecule has 8 heteroatoms. The Balaban J connectivity index is 1.42. The van der Waals surface area contributed by atoms with Gasteiger partial charge < -0.3 is 14.2 Å². The summed E-state index contributed by atoms with van der Waals surface area (Å²) in [6, 6.07) is 26.4. The van der Waals surface area contributed by atoms with Crippen LogP contribution >= 0.6 is 31.3 Å². The van der Waals surface area contributed by atoms with E-state index in [-0.39, 0.29) is 17.3 Å². The van der Waals surface area contributed by atoms with Gasteiger partial charge in [0.15, 0.2) is 0 Å². The maximum Gasteiger partial charge on any atom is 0.584 e. The summed E-state index contributed by atoms with van der Waals surface area (Å²) in [7, 11) is -4.68. The minimum absolute atomic E-state index is 0.0634. The lowest BCUT2D eigenvalue weighted by atomic mass is 10.1. The fraction of sp³-hybridized carbons (Fsp3) is 0.0667. The van der Waals surface area contributed by atoms with E-state index in [0.717, 1.165) is 43.4 Å². The molecular weight excluding hydrogens is 535 g/mol. The topological polar surface area (TPSA) is 76.0 Å². The normalized spacial score (nSPS) is 15.2. The van der Waals surface area contributed by atoms with Crippen molar-refractivity contribution in [2.24, 2.45) is 0 Å². The van der Waals surface area contributed by atoms with Crippen LogP contribution in [0.15, 0.2) is 105 Å². The average molecular weight is 559 g/mol. The maximum absolute atomic E-state index is 13.6. The zero-order chi connectivity index (χ0) is 26.3. The van der Waals surface area contributed by atoms with Crippen LogP contribution in [0, 0.1) is 0 Å². The molecule has 0 aromatic heterocycles. The van der Waals surface area contributed by atoms with Gasteiger partial charge in [-0.2, -0.15) is 0 Å². The van der Waals surface area contributed by atoms with Crippen LogP contribution in [0.5, 0.6) is 5.75 Å². The van der Waals surface area contributed by atoms with Crippen molar-refractivity contribution in [3.05, 3.63) is 113 Å². The number of phenols is 1. The monoisotopic (exact) mass is 558 g/mol. The number of phenolic OH excluding ortho intramolecular Hbond substituents is 1. The van der Waals surface area contributed by atoms with Gasteiger partial charge in [0, 0.05) is 25.8 Å². The van der Waals surface area contributed by atoms with Gasteiger partial charge in [-0.05, 0) is 59.5 Å². The highest BCUT2D eigenvalue weighted by atomic mass is 32.2. The van der Waals surface area contributed by atoms with Crippen LogP contribution in [0.1, 0.15) is 34.7 Å². The molecule has 6 rings (SSSR count). The first kappa shape index (κ1) is 25.0. The van der Waals surface area contributed by atoms with Crippen molar-refractivity contribution < 1.29 is 23.6 Å². The third kappa shape index (κ3) is 4.79. The highest BCUT2D eigenvalue weighted by Gasteiger charge is 2.32. The van der Waals surface area contributed by atoms with Gasteiger partial charge in [-0.3, -0.25) is 4.89 Å². The molecule has 0 radical (unpaired) electrons. The van der Waals surface area contributed by atoms with Crippen LogP contribution in [0.3, 0.4) is 0 Å². The summed E-state index contributed by atoms with van der Waals surface area (Å²) in [5.41, 5.74) is 4.06. The molecule has 4 aromatic rings. The molecule has 1 atom stereocenters. The molecule has 5 nitrogen and oxygen atoms in total. The highest BCUT2D eigenvalue weighted by molar-refractivity contribution is 7.99. The summed E-state index contributed by atoms with van der Waals surface area (Å²) in [4.78, 5) is 14.6. The Labute approximate surface area is 229 Å². The largest absolute Gasteiger partial charge is 0.584 e. The Kier molecular flexibility index (Phi) is 6.62. The van der Waals surface area contributed by atoms with E-state index in [9.17, 15) is 14.6 Å². The van der Waals surface area contributed by atoms with E-state index in [1.54, 1.807) is 42.1 Å². The van der Waals surface area contributed by atoms with Crippen LogP contribution in [0.4, 0.5) is 0 Å². The molecule has 2 aliphatic rings. The van der Waals surface area contributed by atoms with Crippen molar-refractivity contribution >= 4 is 55.0 Å². The summed E-state index contributed by atoms with van der Waals surface area (Å²) in [5, 5.41) is 10.6. The SMILES string of the molecule is CCc1cccc2c1Sc1ccccc1C=C2OP(=O)(O)OC1=Cc2ccccc2Sc2c(O)cccc21. The van der Waals surface area contributed by atoms with Crippen LogP contribution in [0.2, 0.25) is 0 Å². The van der Waals surface area contributed by atoms with Gasteiger partial charge in [-0.15, -0.1) is 0 Å². The Morgan fingerprint density at radius 3 is 1.84 bits per heavy atom. The van der Waals surface area contributed by atoms with Gasteiger partial charge in [-0.1, -0.05) is 91.1 Å². The molecule has 0 saturated heterocycles. The van der Waals surface area contributed by atoms with E-state index in [4.69, 9.17) is 9.05 Å². The second-order valence-electron chi connectivity index (χ2n) is 8.75. The zero-order valence-electron chi connectivity index (χ0n) is 20.3. The molecule has 2 heterocycles. The Bertz CT molecular complexity index is 1680. The average Bonchev–Trinajstić information content (AvgIpc) is 3.16. The number of fused-ring (bicyclic) bond motifs is 4. The van der Waals surface area contributed by atoms with E-state index < -0.39 is 7.82 Å². The second kappa shape index (κ2) is 10.1. The number of hydrogen-bond acceptors (Lipinski definition) is 6. The number of benzene rings is 4. The number of hydrogen-bond donors (Lipinski definition) is 2. The minimum Gasteiger partial charge on any atom is -0.507 e. The number of rotatable bonds is 5. The molecule has 2 aliphatic heterocycles. The van der Waals surface area contributed by atoms with Crippen molar-refractivity contribution in [3.63, 3.8) is 0 Å². The molecule has 0 bridgehead atoms. The first-order chi connectivity index (χ1) is 18.4. The molecule has 2 N–H and O–H groups in total. The predicted molar refractivity (Wildman–Crippen MR) is 153 cm³/mol. The maximum atomic E-state index is 13.6. The fourth-order valence-corrected chi connectivity index (χ4v) is 7.60. The molecule has 1 unspecified atom stereocenters. The van der Waals surface area contributed by atoms with E-state index in [2.05, 4.69) is 13.0 Å². The quantitative estimate of drug-likeness (QED) is 0.237. The summed E-state index contributed by atoms with van der Waals surface area (Å²) in [5.74, 6) is 0.470. The molecule has 0 spiro atoms. The molecule has 0 saturated carbocycles. The summed E-state index contributed by atoms with van der Waals surface area (Å²) in [6.45, 7) is 2.08. The van der Waals surface area contributed by atoms with Gasteiger partial charge >= 0.3 is 7.82 Å². The predicted octanol–water partition coefficient (Wildman–Crippen LogP) is 8.71. The Hall–Kier alpha value is -3.35. The zero-order valence-corrected chi connectivity index (χ0v) is 22.9. The Morgan fingerprint density at radius 2 is 1.24 bits per heavy atom. The third-order valence-electron chi connectivity index (χ3n) is 6.27. The molecular formula is C30H23O5PS2. The van der Waals surface area contributed by atoms with Crippen molar-refractivity contribution in [2.45, 2.75) is 32.9 Å². The van der Waals surface area contributed by atoms with Crippen LogP contribution in [-0.2, 0) is 20.0 Å². The van der Waals surface area contributed by atoms with Crippen LogP contribution < -0.4 is 0 Å². The molecule has 38 heavy (non-hydrogen) atoms. The van der Waals surface area contributed by atoms with Gasteiger partial charge in [0.1, 0.15) is 17.3 Å². The first-order valence-electron chi connectivity index (χ1n) is 12.1. The van der Waals surface area contributed by atoms with Crippen molar-refractivity contribution in [2.75, 3.05) is 0 Å². The third-order valence-corrected chi connectivity index (χ3v) is 9.62. The lowest BCUT2D eigenvalue weighted by Crippen LogP contribution is -1.99. The van der Waals surface area contributed by atoms with Crippen molar-refractivity contribution in [1.82, 2.24) is 0 Å². The van der Waals surface area contributed by atoms with E-state index in [1.807, 2.05) is 60.7 Å². The number of aromatic hydroxyl groups is 1. The van der Waals surface area contributed by atoms with Crippen molar-refractivity contribution in [3.8, 4) is 5.75 Å². The lowest BCUT2D eigenvalue weighted by Gasteiger charge is -2.20. The Morgan fingerprint density at radius 1 is 0.711 bits per heavy atom. The van der Waals surface area contributed by atoms with E-state index in [1.165, 1.54) is 11.8 Å². The van der Waals surface area contributed by atoms with Crippen LogP contribution in [0.25, 0.3) is 23.7 Å². The number of aryl methyl sites for hydroxylation is 1. The fourth-order valence-electron chi connectivity index (χ4n) is 4.47. The second-order valence-corrected chi connectivity index (χ2v) is 12.2. The number of phosphoric acid groups is 1. The van der Waals surface area contributed by atoms with Gasteiger partial charge in [0.05, 0.1) is 4.90 Å². The molecule has 190 valence electrons. The smallest absolute Gasteiger partial charge is 0.507 e.